The highest BCUT2D eigenvalue weighted by Crippen LogP contribution is 2.33. The Hall–Kier alpha value is -1.76. The van der Waals surface area contributed by atoms with Crippen molar-refractivity contribution in [2.45, 2.75) is 20.3 Å². The molecular weight excluding hydrogens is 206 g/mol. The zero-order valence-corrected chi connectivity index (χ0v) is 10.4. The summed E-state index contributed by atoms with van der Waals surface area (Å²) < 4.78 is 0. The minimum absolute atomic E-state index is 1.07. The van der Waals surface area contributed by atoms with Crippen molar-refractivity contribution in [3.63, 3.8) is 0 Å². The molecule has 0 spiro atoms. The minimum atomic E-state index is 1.07. The van der Waals surface area contributed by atoms with Crippen LogP contribution in [0.1, 0.15) is 16.7 Å². The molecular formula is C16H17N. The van der Waals surface area contributed by atoms with E-state index in [-0.39, 0.29) is 0 Å². The van der Waals surface area contributed by atoms with E-state index in [1.165, 1.54) is 33.5 Å². The fraction of sp³-hybridized carbons (Fsp3) is 0.250. The van der Waals surface area contributed by atoms with Crippen molar-refractivity contribution < 1.29 is 0 Å². The Kier molecular flexibility index (Phi) is 2.40. The maximum atomic E-state index is 3.44. The van der Waals surface area contributed by atoms with Crippen LogP contribution in [-0.4, -0.2) is 6.54 Å². The van der Waals surface area contributed by atoms with E-state index in [1.54, 1.807) is 0 Å². The van der Waals surface area contributed by atoms with Crippen LogP contribution in [0.15, 0.2) is 36.4 Å². The molecule has 86 valence electrons. The highest BCUT2D eigenvalue weighted by Gasteiger charge is 2.14. The van der Waals surface area contributed by atoms with E-state index in [0.717, 1.165) is 13.0 Å². The number of nitrogens with one attached hydrogen (secondary N) is 1. The van der Waals surface area contributed by atoms with Gasteiger partial charge in [0.2, 0.25) is 0 Å². The highest BCUT2D eigenvalue weighted by molar-refractivity contribution is 5.76. The molecule has 0 amide bonds. The molecule has 2 aromatic rings. The number of hydrogen-bond donors (Lipinski definition) is 1. The molecule has 0 aromatic heterocycles. The van der Waals surface area contributed by atoms with E-state index in [1.807, 2.05) is 0 Å². The van der Waals surface area contributed by atoms with Crippen molar-refractivity contribution in [1.82, 2.24) is 0 Å². The molecule has 1 N–H and O–H groups in total. The van der Waals surface area contributed by atoms with Crippen molar-refractivity contribution in [3.05, 3.63) is 53.1 Å². The third-order valence-electron chi connectivity index (χ3n) is 3.40. The molecule has 1 heteroatoms. The second-order valence-corrected chi connectivity index (χ2v) is 4.88. The van der Waals surface area contributed by atoms with Gasteiger partial charge in [-0.1, -0.05) is 41.5 Å². The van der Waals surface area contributed by atoms with Crippen molar-refractivity contribution in [3.8, 4) is 11.1 Å². The van der Waals surface area contributed by atoms with Gasteiger partial charge in [-0.2, -0.15) is 0 Å². The Labute approximate surface area is 102 Å². The molecule has 0 saturated carbocycles. The van der Waals surface area contributed by atoms with Gasteiger partial charge < -0.3 is 5.32 Å². The average molecular weight is 223 g/mol. The van der Waals surface area contributed by atoms with Crippen LogP contribution in [0, 0.1) is 13.8 Å². The van der Waals surface area contributed by atoms with E-state index in [4.69, 9.17) is 0 Å². The Morgan fingerprint density at radius 3 is 2.53 bits per heavy atom. The van der Waals surface area contributed by atoms with Crippen LogP contribution in [0.4, 0.5) is 5.69 Å². The molecule has 0 fully saturated rings. The van der Waals surface area contributed by atoms with Gasteiger partial charge in [0.25, 0.3) is 0 Å². The first-order valence-electron chi connectivity index (χ1n) is 6.18. The molecule has 3 rings (SSSR count). The molecule has 17 heavy (non-hydrogen) atoms. The van der Waals surface area contributed by atoms with Crippen LogP contribution >= 0.6 is 0 Å². The van der Waals surface area contributed by atoms with E-state index < -0.39 is 0 Å². The van der Waals surface area contributed by atoms with Gasteiger partial charge >= 0.3 is 0 Å². The van der Waals surface area contributed by atoms with Crippen LogP contribution in [0.5, 0.6) is 0 Å². The molecule has 0 aliphatic carbocycles. The zero-order valence-electron chi connectivity index (χ0n) is 10.4. The maximum Gasteiger partial charge on any atom is 0.0379 e. The summed E-state index contributed by atoms with van der Waals surface area (Å²) in [4.78, 5) is 0. The Bertz CT molecular complexity index is 549. The molecule has 1 aliphatic heterocycles. The normalized spacial score (nSPS) is 13.3. The highest BCUT2D eigenvalue weighted by atomic mass is 14.9. The van der Waals surface area contributed by atoms with Crippen molar-refractivity contribution in [1.29, 1.82) is 0 Å². The molecule has 0 bridgehead atoms. The lowest BCUT2D eigenvalue weighted by Crippen LogP contribution is -1.90. The lowest BCUT2D eigenvalue weighted by Gasteiger charge is -2.10. The quantitative estimate of drug-likeness (QED) is 0.772. The first-order chi connectivity index (χ1) is 8.24. The van der Waals surface area contributed by atoms with E-state index in [9.17, 15) is 0 Å². The minimum Gasteiger partial charge on any atom is -0.384 e. The summed E-state index contributed by atoms with van der Waals surface area (Å²) in [6, 6.07) is 13.3. The zero-order chi connectivity index (χ0) is 11.8. The summed E-state index contributed by atoms with van der Waals surface area (Å²) in [7, 11) is 0. The Balaban J connectivity index is 2.19. The van der Waals surface area contributed by atoms with Crippen LogP contribution in [0.25, 0.3) is 11.1 Å². The summed E-state index contributed by atoms with van der Waals surface area (Å²) in [6.45, 7) is 5.40. The number of fused-ring (bicyclic) bond motifs is 1. The monoisotopic (exact) mass is 223 g/mol. The fourth-order valence-corrected chi connectivity index (χ4v) is 2.74. The Morgan fingerprint density at radius 2 is 1.76 bits per heavy atom. The summed E-state index contributed by atoms with van der Waals surface area (Å²) >= 11 is 0. The number of aryl methyl sites for hydroxylation is 2. The summed E-state index contributed by atoms with van der Waals surface area (Å²) in [5.74, 6) is 0. The number of hydrogen-bond acceptors (Lipinski definition) is 1. The van der Waals surface area contributed by atoms with Crippen molar-refractivity contribution in [2.75, 3.05) is 11.9 Å². The first kappa shape index (κ1) is 10.4. The van der Waals surface area contributed by atoms with Gasteiger partial charge in [-0.05, 0) is 43.0 Å². The standard InChI is InChI=1S/C16H17N/c1-11-8-12(2)10-13(9-11)14-4-3-5-16-15(14)6-7-17-16/h3-5,8-10,17H,6-7H2,1-2H3. The van der Waals surface area contributed by atoms with Gasteiger partial charge in [-0.25, -0.2) is 0 Å². The predicted octanol–water partition coefficient (Wildman–Crippen LogP) is 3.94. The third-order valence-corrected chi connectivity index (χ3v) is 3.40. The predicted molar refractivity (Wildman–Crippen MR) is 73.5 cm³/mol. The molecule has 1 aliphatic rings. The summed E-state index contributed by atoms with van der Waals surface area (Å²) in [5.41, 5.74) is 8.19. The number of rotatable bonds is 1. The molecule has 1 nitrogen and oxygen atoms in total. The smallest absolute Gasteiger partial charge is 0.0379 e. The van der Waals surface area contributed by atoms with Crippen LogP contribution in [-0.2, 0) is 6.42 Å². The van der Waals surface area contributed by atoms with Crippen LogP contribution in [0.2, 0.25) is 0 Å². The largest absolute Gasteiger partial charge is 0.384 e. The molecule has 1 heterocycles. The second-order valence-electron chi connectivity index (χ2n) is 4.88. The van der Waals surface area contributed by atoms with Gasteiger partial charge in [0, 0.05) is 12.2 Å². The van der Waals surface area contributed by atoms with Gasteiger partial charge in [0.15, 0.2) is 0 Å². The van der Waals surface area contributed by atoms with Crippen LogP contribution < -0.4 is 5.32 Å². The van der Waals surface area contributed by atoms with Gasteiger partial charge in [-0.15, -0.1) is 0 Å². The molecule has 0 saturated heterocycles. The molecule has 0 atom stereocenters. The van der Waals surface area contributed by atoms with Crippen LogP contribution in [0.3, 0.4) is 0 Å². The van der Waals surface area contributed by atoms with Crippen molar-refractivity contribution in [2.24, 2.45) is 0 Å². The fourth-order valence-electron chi connectivity index (χ4n) is 2.74. The first-order valence-corrected chi connectivity index (χ1v) is 6.18. The Morgan fingerprint density at radius 1 is 1.00 bits per heavy atom. The van der Waals surface area contributed by atoms with Gasteiger partial charge in [0.05, 0.1) is 0 Å². The summed E-state index contributed by atoms with van der Waals surface area (Å²) in [6.07, 6.45) is 1.14. The lowest BCUT2D eigenvalue weighted by atomic mass is 9.95. The van der Waals surface area contributed by atoms with Crippen molar-refractivity contribution >= 4 is 5.69 Å². The summed E-state index contributed by atoms with van der Waals surface area (Å²) in [5, 5.41) is 3.44. The molecule has 0 radical (unpaired) electrons. The maximum absolute atomic E-state index is 3.44. The number of benzene rings is 2. The topological polar surface area (TPSA) is 12.0 Å². The van der Waals surface area contributed by atoms with Gasteiger partial charge in [0.1, 0.15) is 0 Å². The average Bonchev–Trinajstić information content (AvgIpc) is 2.75. The molecule has 2 aromatic carbocycles. The lowest BCUT2D eigenvalue weighted by molar-refractivity contribution is 1.11. The number of anilines is 1. The molecule has 0 unspecified atom stereocenters. The van der Waals surface area contributed by atoms with E-state index in [0.29, 0.717) is 0 Å². The van der Waals surface area contributed by atoms with E-state index >= 15 is 0 Å². The third kappa shape index (κ3) is 1.82. The van der Waals surface area contributed by atoms with Gasteiger partial charge in [-0.3, -0.25) is 0 Å². The second kappa shape index (κ2) is 3.92. The van der Waals surface area contributed by atoms with E-state index in [2.05, 4.69) is 55.6 Å². The SMILES string of the molecule is Cc1cc(C)cc(-c2cccc3c2CCN3)c1.